The number of anilines is 1. The van der Waals surface area contributed by atoms with Crippen LogP contribution in [0.1, 0.15) is 18.1 Å². The molecule has 2 heterocycles. The Kier molecular flexibility index (Phi) is 6.55. The molecule has 4 rings (SSSR count). The Hall–Kier alpha value is -2.98. The van der Waals surface area contributed by atoms with Gasteiger partial charge in [0.05, 0.1) is 5.75 Å². The number of amides is 1. The molecule has 0 aliphatic carbocycles. The van der Waals surface area contributed by atoms with E-state index in [4.69, 9.17) is 4.52 Å². The second kappa shape index (κ2) is 9.68. The first kappa shape index (κ1) is 20.3. The van der Waals surface area contributed by atoms with E-state index in [0.29, 0.717) is 34.9 Å². The number of aromatic nitrogens is 5. The number of H-pyrrole nitrogens is 1. The zero-order chi connectivity index (χ0) is 20.8. The van der Waals surface area contributed by atoms with Crippen LogP contribution in [-0.4, -0.2) is 31.2 Å². The Morgan fingerprint density at radius 2 is 2.00 bits per heavy atom. The molecule has 8 nitrogen and oxygen atoms in total. The van der Waals surface area contributed by atoms with Gasteiger partial charge in [-0.1, -0.05) is 69.2 Å². The molecule has 0 aliphatic heterocycles. The first-order valence-electron chi connectivity index (χ1n) is 9.13. The number of aromatic amines is 1. The monoisotopic (exact) mass is 484 g/mol. The van der Waals surface area contributed by atoms with Crippen molar-refractivity contribution in [1.82, 2.24) is 25.3 Å². The molecule has 0 aliphatic rings. The fourth-order valence-corrected chi connectivity index (χ4v) is 3.67. The third-order valence-corrected chi connectivity index (χ3v) is 5.36. The third-order valence-electron chi connectivity index (χ3n) is 4.03. The van der Waals surface area contributed by atoms with E-state index in [2.05, 4.69) is 46.6 Å². The van der Waals surface area contributed by atoms with Crippen molar-refractivity contribution in [3.63, 3.8) is 0 Å². The molecule has 0 bridgehead atoms. The summed E-state index contributed by atoms with van der Waals surface area (Å²) in [5.74, 6) is 2.03. The topological polar surface area (TPSA) is 110 Å². The van der Waals surface area contributed by atoms with Crippen molar-refractivity contribution in [3.05, 3.63) is 70.8 Å². The third kappa shape index (κ3) is 5.55. The Morgan fingerprint density at radius 1 is 1.13 bits per heavy atom. The Labute approximate surface area is 185 Å². The van der Waals surface area contributed by atoms with Crippen LogP contribution < -0.4 is 5.32 Å². The lowest BCUT2D eigenvalue weighted by Gasteiger charge is -2.04. The predicted molar refractivity (Wildman–Crippen MR) is 117 cm³/mol. The zero-order valence-electron chi connectivity index (χ0n) is 15.7. The first-order chi connectivity index (χ1) is 14.7. The average Bonchev–Trinajstić information content (AvgIpc) is 3.41. The number of rotatable bonds is 8. The smallest absolute Gasteiger partial charge is 0.227 e. The Morgan fingerprint density at radius 3 is 2.83 bits per heavy atom. The van der Waals surface area contributed by atoms with Gasteiger partial charge in [-0.3, -0.25) is 9.89 Å². The maximum Gasteiger partial charge on any atom is 0.227 e. The van der Waals surface area contributed by atoms with Gasteiger partial charge in [-0.25, -0.2) is 4.98 Å². The highest BCUT2D eigenvalue weighted by Crippen LogP contribution is 2.21. The second-order valence-corrected chi connectivity index (χ2v) is 8.14. The molecule has 0 atom stereocenters. The number of thioether (sulfide) groups is 1. The number of nitrogens with one attached hydrogen (secondary N) is 2. The molecule has 0 fully saturated rings. The number of carbonyl (C=O) groups is 1. The number of hydrogen-bond acceptors (Lipinski definition) is 7. The van der Waals surface area contributed by atoms with Gasteiger partial charge in [-0.05, 0) is 18.2 Å². The summed E-state index contributed by atoms with van der Waals surface area (Å²) in [6.45, 7) is 0. The number of benzene rings is 2. The molecule has 0 saturated heterocycles. The van der Waals surface area contributed by atoms with Crippen LogP contribution in [0.15, 0.2) is 68.7 Å². The van der Waals surface area contributed by atoms with Gasteiger partial charge in [-0.2, -0.15) is 4.98 Å². The highest BCUT2D eigenvalue weighted by Gasteiger charge is 2.12. The van der Waals surface area contributed by atoms with Gasteiger partial charge in [0, 0.05) is 28.6 Å². The second-order valence-electron chi connectivity index (χ2n) is 6.28. The van der Waals surface area contributed by atoms with Gasteiger partial charge in [0.2, 0.25) is 17.0 Å². The fraction of sp³-hybridized carbons (Fsp3) is 0.150. The van der Waals surface area contributed by atoms with Gasteiger partial charge in [0.15, 0.2) is 11.6 Å². The molecule has 10 heteroatoms. The summed E-state index contributed by atoms with van der Waals surface area (Å²) < 4.78 is 6.14. The summed E-state index contributed by atoms with van der Waals surface area (Å²) in [6, 6.07) is 17.2. The van der Waals surface area contributed by atoms with Crippen molar-refractivity contribution in [2.45, 2.75) is 23.8 Å². The van der Waals surface area contributed by atoms with Crippen LogP contribution in [0.5, 0.6) is 0 Å². The molecule has 1 amide bonds. The summed E-state index contributed by atoms with van der Waals surface area (Å²) in [5, 5.41) is 14.5. The largest absolute Gasteiger partial charge is 0.339 e. The summed E-state index contributed by atoms with van der Waals surface area (Å²) >= 11 is 4.79. The molecule has 30 heavy (non-hydrogen) atoms. The van der Waals surface area contributed by atoms with E-state index in [1.165, 1.54) is 11.8 Å². The highest BCUT2D eigenvalue weighted by atomic mass is 79.9. The van der Waals surface area contributed by atoms with E-state index in [0.717, 1.165) is 15.7 Å². The lowest BCUT2D eigenvalue weighted by molar-refractivity contribution is -0.116. The summed E-state index contributed by atoms with van der Waals surface area (Å²) in [6.07, 6.45) is 0.624. The van der Waals surface area contributed by atoms with Crippen molar-refractivity contribution < 1.29 is 9.32 Å². The SMILES string of the molecule is O=C(CCc1nc(CSc2n[nH]c(-c3ccccc3)n2)no1)Nc1cccc(Br)c1. The quantitative estimate of drug-likeness (QED) is 0.354. The van der Waals surface area contributed by atoms with Crippen LogP contribution in [0.3, 0.4) is 0 Å². The van der Waals surface area contributed by atoms with Crippen LogP contribution in [0.25, 0.3) is 11.4 Å². The van der Waals surface area contributed by atoms with Crippen LogP contribution in [0.4, 0.5) is 5.69 Å². The zero-order valence-corrected chi connectivity index (χ0v) is 18.1. The van der Waals surface area contributed by atoms with Gasteiger partial charge >= 0.3 is 0 Å². The van der Waals surface area contributed by atoms with E-state index in [1.807, 2.05) is 54.6 Å². The van der Waals surface area contributed by atoms with Gasteiger partial charge < -0.3 is 9.84 Å². The van der Waals surface area contributed by atoms with E-state index < -0.39 is 0 Å². The lowest BCUT2D eigenvalue weighted by atomic mass is 10.2. The van der Waals surface area contributed by atoms with E-state index in [9.17, 15) is 4.79 Å². The summed E-state index contributed by atoms with van der Waals surface area (Å²) in [7, 11) is 0. The molecular weight excluding hydrogens is 468 g/mol. The average molecular weight is 485 g/mol. The van der Waals surface area contributed by atoms with Crippen molar-refractivity contribution in [2.75, 3.05) is 5.32 Å². The van der Waals surface area contributed by atoms with Crippen molar-refractivity contribution in [1.29, 1.82) is 0 Å². The van der Waals surface area contributed by atoms with Crippen LogP contribution in [-0.2, 0) is 17.0 Å². The molecule has 152 valence electrons. The van der Waals surface area contributed by atoms with Crippen LogP contribution in [0.2, 0.25) is 0 Å². The molecule has 0 unspecified atom stereocenters. The highest BCUT2D eigenvalue weighted by molar-refractivity contribution is 9.10. The number of aryl methyl sites for hydroxylation is 1. The number of halogens is 1. The first-order valence-corrected chi connectivity index (χ1v) is 10.9. The normalized spacial score (nSPS) is 10.8. The molecule has 4 aromatic rings. The van der Waals surface area contributed by atoms with Crippen molar-refractivity contribution >= 4 is 39.3 Å². The van der Waals surface area contributed by atoms with Crippen LogP contribution in [0, 0.1) is 0 Å². The number of carbonyl (C=O) groups excluding carboxylic acids is 1. The molecule has 0 spiro atoms. The van der Waals surface area contributed by atoms with Crippen molar-refractivity contribution in [3.8, 4) is 11.4 Å². The summed E-state index contributed by atoms with van der Waals surface area (Å²) in [4.78, 5) is 20.9. The standard InChI is InChI=1S/C20H17BrN6O2S/c21-14-7-4-8-15(11-14)22-17(28)9-10-18-23-16(27-29-18)12-30-20-24-19(25-26-20)13-5-2-1-3-6-13/h1-8,11H,9-10,12H2,(H,22,28)(H,24,25,26). The fourth-order valence-electron chi connectivity index (χ4n) is 2.63. The van der Waals surface area contributed by atoms with Crippen molar-refractivity contribution in [2.24, 2.45) is 0 Å². The number of hydrogen-bond donors (Lipinski definition) is 2. The van der Waals surface area contributed by atoms with E-state index in [-0.39, 0.29) is 12.3 Å². The van der Waals surface area contributed by atoms with E-state index in [1.54, 1.807) is 0 Å². The predicted octanol–water partition coefficient (Wildman–Crippen LogP) is 4.48. The van der Waals surface area contributed by atoms with Crippen LogP contribution >= 0.6 is 27.7 Å². The molecule has 0 saturated carbocycles. The number of nitrogens with zero attached hydrogens (tertiary/aromatic N) is 4. The minimum absolute atomic E-state index is 0.114. The van der Waals surface area contributed by atoms with Gasteiger partial charge in [-0.15, -0.1) is 5.10 Å². The molecule has 0 radical (unpaired) electrons. The lowest BCUT2D eigenvalue weighted by Crippen LogP contribution is -2.12. The summed E-state index contributed by atoms with van der Waals surface area (Å²) in [5.41, 5.74) is 1.71. The van der Waals surface area contributed by atoms with E-state index >= 15 is 0 Å². The van der Waals surface area contributed by atoms with Gasteiger partial charge in [0.25, 0.3) is 0 Å². The molecule has 2 aromatic heterocycles. The Balaban J connectivity index is 1.25. The maximum absolute atomic E-state index is 12.1. The minimum Gasteiger partial charge on any atom is -0.339 e. The molecule has 2 aromatic carbocycles. The Bertz CT molecular complexity index is 1130. The molecular formula is C20H17BrN6O2S. The van der Waals surface area contributed by atoms with Gasteiger partial charge in [0.1, 0.15) is 0 Å². The molecule has 2 N–H and O–H groups in total. The maximum atomic E-state index is 12.1. The minimum atomic E-state index is -0.114.